The van der Waals surface area contributed by atoms with Gasteiger partial charge in [0, 0.05) is 20.1 Å². The number of methoxy groups -OCH3 is 1. The number of rotatable bonds is 8. The van der Waals surface area contributed by atoms with E-state index in [0.717, 1.165) is 11.8 Å². The van der Waals surface area contributed by atoms with E-state index in [0.29, 0.717) is 32.1 Å². The molecule has 120 valence electrons. The average Bonchev–Trinajstić information content (AvgIpc) is 3.06. The molecule has 0 saturated heterocycles. The van der Waals surface area contributed by atoms with E-state index in [1.807, 2.05) is 0 Å². The fourth-order valence-electron chi connectivity index (χ4n) is 3.84. The van der Waals surface area contributed by atoms with E-state index in [2.05, 4.69) is 0 Å². The molecule has 2 bridgehead atoms. The molecule has 21 heavy (non-hydrogen) atoms. The van der Waals surface area contributed by atoms with E-state index < -0.39 is 0 Å². The van der Waals surface area contributed by atoms with Crippen molar-refractivity contribution in [1.29, 1.82) is 0 Å². The van der Waals surface area contributed by atoms with Crippen molar-refractivity contribution in [2.75, 3.05) is 33.4 Å². The minimum atomic E-state index is -0.338. The topological polar surface area (TPSA) is 55.8 Å². The van der Waals surface area contributed by atoms with Crippen molar-refractivity contribution in [1.82, 2.24) is 4.90 Å². The van der Waals surface area contributed by atoms with E-state index in [-0.39, 0.29) is 18.4 Å². The first-order chi connectivity index (χ1) is 10.1. The Hall–Kier alpha value is -1.10. The first-order valence-corrected chi connectivity index (χ1v) is 8.06. The summed E-state index contributed by atoms with van der Waals surface area (Å²) < 4.78 is 9.99. The van der Waals surface area contributed by atoms with Gasteiger partial charge in [0.15, 0.2) is 0 Å². The summed E-state index contributed by atoms with van der Waals surface area (Å²) in [5.41, 5.74) is 0. The molecule has 2 fully saturated rings. The third-order valence-corrected chi connectivity index (χ3v) is 4.86. The number of carbonyl (C=O) groups is 2. The number of hydrogen-bond acceptors (Lipinski definition) is 4. The van der Waals surface area contributed by atoms with Gasteiger partial charge in [0.05, 0.1) is 13.2 Å². The molecule has 0 radical (unpaired) electrons. The maximum atomic E-state index is 12.5. The van der Waals surface area contributed by atoms with Crippen LogP contribution in [0.1, 0.15) is 39.0 Å². The van der Waals surface area contributed by atoms with Gasteiger partial charge in [-0.05, 0) is 43.9 Å². The van der Waals surface area contributed by atoms with Gasteiger partial charge in [-0.15, -0.1) is 0 Å². The third kappa shape index (κ3) is 4.43. The highest BCUT2D eigenvalue weighted by Crippen LogP contribution is 2.49. The van der Waals surface area contributed by atoms with Crippen LogP contribution in [0.15, 0.2) is 0 Å². The molecule has 2 aliphatic rings. The van der Waals surface area contributed by atoms with Gasteiger partial charge in [0.1, 0.15) is 6.54 Å². The first kappa shape index (κ1) is 16.3. The molecule has 3 unspecified atom stereocenters. The molecule has 1 amide bonds. The lowest BCUT2D eigenvalue weighted by Gasteiger charge is -2.26. The lowest BCUT2D eigenvalue weighted by Crippen LogP contribution is -2.39. The van der Waals surface area contributed by atoms with Gasteiger partial charge in [-0.25, -0.2) is 0 Å². The lowest BCUT2D eigenvalue weighted by molar-refractivity contribution is -0.149. The number of hydrogen-bond donors (Lipinski definition) is 0. The Labute approximate surface area is 127 Å². The van der Waals surface area contributed by atoms with Crippen LogP contribution >= 0.6 is 0 Å². The second-order valence-corrected chi connectivity index (χ2v) is 6.25. The molecule has 5 nitrogen and oxygen atoms in total. The quantitative estimate of drug-likeness (QED) is 0.642. The van der Waals surface area contributed by atoms with E-state index in [4.69, 9.17) is 9.47 Å². The SMILES string of the molecule is CCOC(=O)CN(CCOC)C(=O)CC1CC2CCC1C2. The Morgan fingerprint density at radius 3 is 2.62 bits per heavy atom. The zero-order valence-corrected chi connectivity index (χ0v) is 13.2. The van der Waals surface area contributed by atoms with Crippen molar-refractivity contribution in [2.45, 2.75) is 39.0 Å². The number of nitrogens with zero attached hydrogens (tertiary/aromatic N) is 1. The predicted molar refractivity (Wildman–Crippen MR) is 78.6 cm³/mol. The molecule has 0 N–H and O–H groups in total. The summed E-state index contributed by atoms with van der Waals surface area (Å²) >= 11 is 0. The molecular weight excluding hydrogens is 270 g/mol. The van der Waals surface area contributed by atoms with Crippen LogP contribution < -0.4 is 0 Å². The Bertz CT molecular complexity index is 371. The summed E-state index contributed by atoms with van der Waals surface area (Å²) in [6, 6.07) is 0. The minimum absolute atomic E-state index is 0.0385. The Balaban J connectivity index is 1.85. The van der Waals surface area contributed by atoms with Crippen molar-refractivity contribution in [3.63, 3.8) is 0 Å². The Morgan fingerprint density at radius 2 is 2.05 bits per heavy atom. The standard InChI is InChI=1S/C16H27NO4/c1-3-21-16(19)11-17(6-7-20-2)15(18)10-14-9-12-4-5-13(14)8-12/h12-14H,3-11H2,1-2H3. The molecule has 0 aromatic heterocycles. The fraction of sp³-hybridized carbons (Fsp3) is 0.875. The largest absolute Gasteiger partial charge is 0.465 e. The number of esters is 1. The van der Waals surface area contributed by atoms with Crippen molar-refractivity contribution in [3.8, 4) is 0 Å². The highest BCUT2D eigenvalue weighted by molar-refractivity contribution is 5.82. The zero-order chi connectivity index (χ0) is 15.2. The van der Waals surface area contributed by atoms with Gasteiger partial charge in [-0.3, -0.25) is 9.59 Å². The molecular formula is C16H27NO4. The maximum absolute atomic E-state index is 12.5. The first-order valence-electron chi connectivity index (χ1n) is 8.06. The lowest BCUT2D eigenvalue weighted by atomic mass is 9.86. The molecule has 0 aliphatic heterocycles. The number of fused-ring (bicyclic) bond motifs is 2. The normalized spacial score (nSPS) is 26.9. The van der Waals surface area contributed by atoms with Gasteiger partial charge in [0.2, 0.25) is 5.91 Å². The average molecular weight is 297 g/mol. The Morgan fingerprint density at radius 1 is 1.24 bits per heavy atom. The molecule has 3 atom stereocenters. The summed E-state index contributed by atoms with van der Waals surface area (Å²) in [6.45, 7) is 3.06. The third-order valence-electron chi connectivity index (χ3n) is 4.86. The minimum Gasteiger partial charge on any atom is -0.465 e. The summed E-state index contributed by atoms with van der Waals surface area (Å²) in [4.78, 5) is 25.7. The second-order valence-electron chi connectivity index (χ2n) is 6.25. The van der Waals surface area contributed by atoms with Gasteiger partial charge in [-0.2, -0.15) is 0 Å². The summed E-state index contributed by atoms with van der Waals surface area (Å²) in [6.07, 6.45) is 5.68. The van der Waals surface area contributed by atoms with Crippen LogP contribution in [0.4, 0.5) is 0 Å². The predicted octanol–water partition coefficient (Wildman–Crippen LogP) is 1.85. The number of carbonyl (C=O) groups excluding carboxylic acids is 2. The zero-order valence-electron chi connectivity index (χ0n) is 13.2. The summed E-state index contributed by atoms with van der Waals surface area (Å²) in [5, 5.41) is 0. The van der Waals surface area contributed by atoms with Gasteiger partial charge >= 0.3 is 5.97 Å². The molecule has 5 heteroatoms. The number of ether oxygens (including phenoxy) is 2. The van der Waals surface area contributed by atoms with Crippen molar-refractivity contribution in [3.05, 3.63) is 0 Å². The van der Waals surface area contributed by atoms with E-state index >= 15 is 0 Å². The van der Waals surface area contributed by atoms with Crippen molar-refractivity contribution < 1.29 is 19.1 Å². The molecule has 2 aliphatic carbocycles. The van der Waals surface area contributed by atoms with Crippen LogP contribution in [0.25, 0.3) is 0 Å². The molecule has 2 rings (SSSR count). The molecule has 0 spiro atoms. The highest BCUT2D eigenvalue weighted by Gasteiger charge is 2.40. The van der Waals surface area contributed by atoms with Crippen LogP contribution in [-0.4, -0.2) is 50.2 Å². The maximum Gasteiger partial charge on any atom is 0.325 e. The van der Waals surface area contributed by atoms with Gasteiger partial charge in [0.25, 0.3) is 0 Å². The number of amides is 1. The fourth-order valence-corrected chi connectivity index (χ4v) is 3.84. The molecule has 0 heterocycles. The van der Waals surface area contributed by atoms with Crippen LogP contribution in [0.3, 0.4) is 0 Å². The van der Waals surface area contributed by atoms with Gasteiger partial charge < -0.3 is 14.4 Å². The molecule has 0 aromatic rings. The van der Waals surface area contributed by atoms with Crippen molar-refractivity contribution >= 4 is 11.9 Å². The van der Waals surface area contributed by atoms with E-state index in [9.17, 15) is 9.59 Å². The summed E-state index contributed by atoms with van der Waals surface area (Å²) in [7, 11) is 1.60. The van der Waals surface area contributed by atoms with Crippen LogP contribution in [-0.2, 0) is 19.1 Å². The molecule has 2 saturated carbocycles. The molecule has 0 aromatic carbocycles. The smallest absolute Gasteiger partial charge is 0.325 e. The summed E-state index contributed by atoms with van der Waals surface area (Å²) in [5.74, 6) is 1.81. The monoisotopic (exact) mass is 297 g/mol. The van der Waals surface area contributed by atoms with Crippen LogP contribution in [0.2, 0.25) is 0 Å². The van der Waals surface area contributed by atoms with Crippen LogP contribution in [0.5, 0.6) is 0 Å². The van der Waals surface area contributed by atoms with E-state index in [1.54, 1.807) is 18.9 Å². The van der Waals surface area contributed by atoms with E-state index in [1.165, 1.54) is 25.7 Å². The van der Waals surface area contributed by atoms with Crippen LogP contribution in [0, 0.1) is 17.8 Å². The Kier molecular flexibility index (Phi) is 6.03. The van der Waals surface area contributed by atoms with Gasteiger partial charge in [-0.1, -0.05) is 6.42 Å². The van der Waals surface area contributed by atoms with Crippen molar-refractivity contribution in [2.24, 2.45) is 17.8 Å². The highest BCUT2D eigenvalue weighted by atomic mass is 16.5. The second kappa shape index (κ2) is 7.78.